The van der Waals surface area contributed by atoms with E-state index in [2.05, 4.69) is 30.4 Å². The summed E-state index contributed by atoms with van der Waals surface area (Å²) in [5.74, 6) is 1.87. The SMILES string of the molecule is CCCc1nc(-c2cn(C)nc2CC)c(N)n1CCC. The molecule has 0 saturated carbocycles. The maximum atomic E-state index is 6.35. The smallest absolute Gasteiger partial charge is 0.131 e. The van der Waals surface area contributed by atoms with Crippen LogP contribution in [0, 0.1) is 0 Å². The molecule has 0 aliphatic carbocycles. The van der Waals surface area contributed by atoms with Crippen LogP contribution in [0.2, 0.25) is 0 Å². The lowest BCUT2D eigenvalue weighted by atomic mass is 10.1. The summed E-state index contributed by atoms with van der Waals surface area (Å²) in [6.45, 7) is 7.37. The van der Waals surface area contributed by atoms with Crippen molar-refractivity contribution in [3.8, 4) is 11.3 Å². The number of aromatic nitrogens is 4. The maximum absolute atomic E-state index is 6.35. The average Bonchev–Trinajstić information content (AvgIpc) is 2.93. The van der Waals surface area contributed by atoms with E-state index >= 15 is 0 Å². The quantitative estimate of drug-likeness (QED) is 0.881. The van der Waals surface area contributed by atoms with Gasteiger partial charge in [-0.1, -0.05) is 20.8 Å². The first-order valence-corrected chi connectivity index (χ1v) is 7.50. The van der Waals surface area contributed by atoms with E-state index in [0.29, 0.717) is 0 Å². The molecule has 0 amide bonds. The maximum Gasteiger partial charge on any atom is 0.131 e. The summed E-state index contributed by atoms with van der Waals surface area (Å²) in [7, 11) is 1.94. The molecule has 2 heterocycles. The fraction of sp³-hybridized carbons (Fsp3) is 0.600. The van der Waals surface area contributed by atoms with Crippen LogP contribution in [-0.4, -0.2) is 19.3 Å². The molecule has 0 spiro atoms. The summed E-state index contributed by atoms with van der Waals surface area (Å²) in [5, 5.41) is 4.49. The van der Waals surface area contributed by atoms with Crippen LogP contribution in [0.1, 0.15) is 45.1 Å². The third-order valence-corrected chi connectivity index (χ3v) is 3.50. The van der Waals surface area contributed by atoms with Gasteiger partial charge in [0.15, 0.2) is 0 Å². The lowest BCUT2D eigenvalue weighted by molar-refractivity contribution is 0.637. The van der Waals surface area contributed by atoms with Gasteiger partial charge in [0, 0.05) is 31.8 Å². The molecule has 0 fully saturated rings. The van der Waals surface area contributed by atoms with Crippen LogP contribution in [-0.2, 0) is 26.4 Å². The molecule has 2 aromatic heterocycles. The molecule has 0 aliphatic rings. The molecule has 2 N–H and O–H groups in total. The second-order valence-electron chi connectivity index (χ2n) is 5.18. The highest BCUT2D eigenvalue weighted by Gasteiger charge is 2.19. The third kappa shape index (κ3) is 2.57. The standard InChI is InChI=1S/C15H25N5/c1-5-8-13-17-14(15(16)20(13)9-6-2)11-10-19(4)18-12(11)7-3/h10H,5-9,16H2,1-4H3. The van der Waals surface area contributed by atoms with E-state index in [4.69, 9.17) is 10.7 Å². The number of hydrogen-bond acceptors (Lipinski definition) is 3. The van der Waals surface area contributed by atoms with Gasteiger partial charge in [0.1, 0.15) is 17.3 Å². The number of imidazole rings is 1. The Bertz CT molecular complexity index is 579. The van der Waals surface area contributed by atoms with E-state index in [0.717, 1.165) is 60.8 Å². The zero-order valence-corrected chi connectivity index (χ0v) is 13.0. The van der Waals surface area contributed by atoms with E-state index < -0.39 is 0 Å². The van der Waals surface area contributed by atoms with Gasteiger partial charge in [0.2, 0.25) is 0 Å². The predicted octanol–water partition coefficient (Wildman–Crippen LogP) is 2.79. The van der Waals surface area contributed by atoms with Gasteiger partial charge in [-0.25, -0.2) is 4.98 Å². The highest BCUT2D eigenvalue weighted by atomic mass is 15.3. The van der Waals surface area contributed by atoms with E-state index in [1.54, 1.807) is 0 Å². The van der Waals surface area contributed by atoms with Crippen LogP contribution >= 0.6 is 0 Å². The van der Waals surface area contributed by atoms with E-state index in [1.807, 2.05) is 17.9 Å². The van der Waals surface area contributed by atoms with Crippen molar-refractivity contribution in [3.05, 3.63) is 17.7 Å². The molecule has 5 nitrogen and oxygen atoms in total. The number of hydrogen-bond donors (Lipinski definition) is 1. The van der Waals surface area contributed by atoms with Gasteiger partial charge in [0.05, 0.1) is 5.69 Å². The van der Waals surface area contributed by atoms with Crippen LogP contribution in [0.15, 0.2) is 6.20 Å². The average molecular weight is 275 g/mol. The monoisotopic (exact) mass is 275 g/mol. The molecule has 110 valence electrons. The molecule has 2 rings (SSSR count). The van der Waals surface area contributed by atoms with Gasteiger partial charge in [0.25, 0.3) is 0 Å². The van der Waals surface area contributed by atoms with Crippen LogP contribution < -0.4 is 5.73 Å². The lowest BCUT2D eigenvalue weighted by Gasteiger charge is -2.07. The zero-order chi connectivity index (χ0) is 14.7. The van der Waals surface area contributed by atoms with Crippen molar-refractivity contribution in [3.63, 3.8) is 0 Å². The number of nitrogen functional groups attached to an aromatic ring is 1. The Morgan fingerprint density at radius 3 is 2.55 bits per heavy atom. The highest BCUT2D eigenvalue weighted by Crippen LogP contribution is 2.29. The van der Waals surface area contributed by atoms with Crippen molar-refractivity contribution in [2.45, 2.75) is 53.0 Å². The predicted molar refractivity (Wildman–Crippen MR) is 82.5 cm³/mol. The summed E-state index contributed by atoms with van der Waals surface area (Å²) >= 11 is 0. The Morgan fingerprint density at radius 2 is 1.95 bits per heavy atom. The topological polar surface area (TPSA) is 61.7 Å². The Kier molecular flexibility index (Phi) is 4.47. The highest BCUT2D eigenvalue weighted by molar-refractivity contribution is 5.72. The van der Waals surface area contributed by atoms with Gasteiger partial charge < -0.3 is 10.3 Å². The Balaban J connectivity index is 2.53. The number of nitrogens with two attached hydrogens (primary N) is 1. The first-order valence-electron chi connectivity index (χ1n) is 7.50. The fourth-order valence-corrected chi connectivity index (χ4v) is 2.59. The van der Waals surface area contributed by atoms with Crippen LogP contribution in [0.25, 0.3) is 11.3 Å². The Labute approximate surface area is 120 Å². The molecule has 0 unspecified atom stereocenters. The van der Waals surface area contributed by atoms with Gasteiger partial charge in [-0.15, -0.1) is 0 Å². The molecule has 0 atom stereocenters. The molecule has 20 heavy (non-hydrogen) atoms. The van der Waals surface area contributed by atoms with Gasteiger partial charge in [-0.05, 0) is 19.3 Å². The van der Waals surface area contributed by atoms with Crippen molar-refractivity contribution < 1.29 is 0 Å². The molecule has 0 aromatic carbocycles. The summed E-state index contributed by atoms with van der Waals surface area (Å²) < 4.78 is 4.00. The molecule has 0 aliphatic heterocycles. The van der Waals surface area contributed by atoms with Crippen molar-refractivity contribution >= 4 is 5.82 Å². The van der Waals surface area contributed by atoms with Gasteiger partial charge >= 0.3 is 0 Å². The number of anilines is 1. The minimum Gasteiger partial charge on any atom is -0.383 e. The second kappa shape index (κ2) is 6.11. The first-order chi connectivity index (χ1) is 9.62. The normalized spacial score (nSPS) is 11.2. The molecule has 0 saturated heterocycles. The van der Waals surface area contributed by atoms with Crippen molar-refractivity contribution in [1.82, 2.24) is 19.3 Å². The summed E-state index contributed by atoms with van der Waals surface area (Å²) in [5.41, 5.74) is 9.37. The molecular formula is C15H25N5. The van der Waals surface area contributed by atoms with Crippen molar-refractivity contribution in [2.24, 2.45) is 7.05 Å². The number of aryl methyl sites for hydroxylation is 3. The third-order valence-electron chi connectivity index (χ3n) is 3.50. The van der Waals surface area contributed by atoms with E-state index in [1.165, 1.54) is 0 Å². The van der Waals surface area contributed by atoms with Crippen LogP contribution in [0.4, 0.5) is 5.82 Å². The number of rotatable bonds is 6. The minimum atomic E-state index is 0.776. The summed E-state index contributed by atoms with van der Waals surface area (Å²) in [4.78, 5) is 4.79. The zero-order valence-electron chi connectivity index (χ0n) is 13.0. The summed E-state index contributed by atoms with van der Waals surface area (Å²) in [6.07, 6.45) is 6.01. The fourth-order valence-electron chi connectivity index (χ4n) is 2.59. The Hall–Kier alpha value is -1.78. The molecule has 0 radical (unpaired) electrons. The van der Waals surface area contributed by atoms with Crippen LogP contribution in [0.5, 0.6) is 0 Å². The number of nitrogens with zero attached hydrogens (tertiary/aromatic N) is 4. The van der Waals surface area contributed by atoms with Gasteiger partial charge in [-0.2, -0.15) is 5.10 Å². The molecular weight excluding hydrogens is 250 g/mol. The second-order valence-corrected chi connectivity index (χ2v) is 5.18. The first kappa shape index (κ1) is 14.6. The minimum absolute atomic E-state index is 0.776. The molecule has 2 aromatic rings. The summed E-state index contributed by atoms with van der Waals surface area (Å²) in [6, 6.07) is 0. The largest absolute Gasteiger partial charge is 0.383 e. The van der Waals surface area contributed by atoms with Gasteiger partial charge in [-0.3, -0.25) is 4.68 Å². The van der Waals surface area contributed by atoms with Crippen LogP contribution in [0.3, 0.4) is 0 Å². The lowest BCUT2D eigenvalue weighted by Crippen LogP contribution is -2.06. The van der Waals surface area contributed by atoms with E-state index in [9.17, 15) is 0 Å². The Morgan fingerprint density at radius 1 is 1.20 bits per heavy atom. The van der Waals surface area contributed by atoms with E-state index in [-0.39, 0.29) is 0 Å². The molecule has 0 bridgehead atoms. The molecule has 5 heteroatoms. The van der Waals surface area contributed by atoms with Crippen molar-refractivity contribution in [1.29, 1.82) is 0 Å². The van der Waals surface area contributed by atoms with Crippen molar-refractivity contribution in [2.75, 3.05) is 5.73 Å².